The SMILES string of the molecule is CCOc1cc(C(=O)NCCCS(=O)(=O)c2ccccc2)ccc1OCC(=O)N1CCCCC1. The highest BCUT2D eigenvalue weighted by Crippen LogP contribution is 2.28. The van der Waals surface area contributed by atoms with Gasteiger partial charge in [0.15, 0.2) is 27.9 Å². The van der Waals surface area contributed by atoms with Gasteiger partial charge in [-0.25, -0.2) is 8.42 Å². The van der Waals surface area contributed by atoms with E-state index in [1.54, 1.807) is 48.5 Å². The summed E-state index contributed by atoms with van der Waals surface area (Å²) >= 11 is 0. The molecule has 0 spiro atoms. The molecule has 0 unspecified atom stereocenters. The minimum Gasteiger partial charge on any atom is -0.490 e. The Bertz CT molecular complexity index is 1070. The van der Waals surface area contributed by atoms with E-state index >= 15 is 0 Å². The van der Waals surface area contributed by atoms with Gasteiger partial charge in [0, 0.05) is 25.2 Å². The first-order chi connectivity index (χ1) is 16.4. The molecular formula is C25H32N2O6S. The Morgan fingerprint density at radius 3 is 2.41 bits per heavy atom. The van der Waals surface area contributed by atoms with Crippen LogP contribution in [0.1, 0.15) is 43.0 Å². The van der Waals surface area contributed by atoms with Crippen LogP contribution in [0.4, 0.5) is 0 Å². The molecule has 1 aliphatic heterocycles. The van der Waals surface area contributed by atoms with E-state index in [1.165, 1.54) is 0 Å². The van der Waals surface area contributed by atoms with Crippen LogP contribution >= 0.6 is 0 Å². The van der Waals surface area contributed by atoms with E-state index < -0.39 is 9.84 Å². The maximum absolute atomic E-state index is 12.6. The molecule has 1 N–H and O–H groups in total. The summed E-state index contributed by atoms with van der Waals surface area (Å²) in [5.41, 5.74) is 0.365. The topological polar surface area (TPSA) is 102 Å². The van der Waals surface area contributed by atoms with Gasteiger partial charge in [0.25, 0.3) is 11.8 Å². The molecule has 3 rings (SSSR count). The third-order valence-corrected chi connectivity index (χ3v) is 7.36. The van der Waals surface area contributed by atoms with E-state index in [4.69, 9.17) is 9.47 Å². The Labute approximate surface area is 201 Å². The molecule has 1 saturated heterocycles. The van der Waals surface area contributed by atoms with Gasteiger partial charge in [0.1, 0.15) is 0 Å². The molecule has 1 fully saturated rings. The summed E-state index contributed by atoms with van der Waals surface area (Å²) < 4.78 is 36.0. The average Bonchev–Trinajstić information content (AvgIpc) is 2.86. The molecule has 2 aromatic rings. The highest BCUT2D eigenvalue weighted by molar-refractivity contribution is 7.91. The Balaban J connectivity index is 1.52. The van der Waals surface area contributed by atoms with Crippen molar-refractivity contribution in [3.63, 3.8) is 0 Å². The number of piperidine rings is 1. The number of benzene rings is 2. The second-order valence-corrected chi connectivity index (χ2v) is 10.2. The molecule has 0 radical (unpaired) electrons. The van der Waals surface area contributed by atoms with Gasteiger partial charge in [-0.2, -0.15) is 0 Å². The van der Waals surface area contributed by atoms with Crippen molar-refractivity contribution in [2.45, 2.75) is 37.5 Å². The second-order valence-electron chi connectivity index (χ2n) is 8.07. The largest absolute Gasteiger partial charge is 0.490 e. The first kappa shape index (κ1) is 25.6. The Hall–Kier alpha value is -3.07. The summed E-state index contributed by atoms with van der Waals surface area (Å²) in [5, 5.41) is 2.74. The maximum atomic E-state index is 12.6. The molecule has 9 heteroatoms. The van der Waals surface area contributed by atoms with Gasteiger partial charge in [-0.3, -0.25) is 9.59 Å². The van der Waals surface area contributed by atoms with E-state index in [-0.39, 0.29) is 35.6 Å². The number of likely N-dealkylation sites (tertiary alicyclic amines) is 1. The predicted octanol–water partition coefficient (Wildman–Crippen LogP) is 3.07. The van der Waals surface area contributed by atoms with E-state index in [9.17, 15) is 18.0 Å². The summed E-state index contributed by atoms with van der Waals surface area (Å²) in [6.45, 7) is 3.85. The fourth-order valence-corrected chi connectivity index (χ4v) is 5.05. The Kier molecular flexibility index (Phi) is 9.33. The lowest BCUT2D eigenvalue weighted by atomic mass is 10.1. The average molecular weight is 489 g/mol. The van der Waals surface area contributed by atoms with Crippen molar-refractivity contribution in [2.24, 2.45) is 0 Å². The minimum absolute atomic E-state index is 0.0562. The van der Waals surface area contributed by atoms with Crippen LogP contribution in [-0.2, 0) is 14.6 Å². The normalized spacial score (nSPS) is 13.9. The first-order valence-corrected chi connectivity index (χ1v) is 13.3. The molecule has 0 aromatic heterocycles. The third kappa shape index (κ3) is 7.21. The van der Waals surface area contributed by atoms with Gasteiger partial charge in [-0.15, -0.1) is 0 Å². The Morgan fingerprint density at radius 2 is 1.71 bits per heavy atom. The number of ether oxygens (including phenoxy) is 2. The van der Waals surface area contributed by atoms with E-state index in [1.807, 2.05) is 11.8 Å². The van der Waals surface area contributed by atoms with Crippen molar-refractivity contribution in [3.05, 3.63) is 54.1 Å². The summed E-state index contributed by atoms with van der Waals surface area (Å²) in [6.07, 6.45) is 3.46. The number of hydrogen-bond acceptors (Lipinski definition) is 6. The summed E-state index contributed by atoms with van der Waals surface area (Å²) in [4.78, 5) is 27.0. The van der Waals surface area contributed by atoms with Crippen LogP contribution in [0.5, 0.6) is 11.5 Å². The van der Waals surface area contributed by atoms with Gasteiger partial charge in [0.05, 0.1) is 17.3 Å². The number of hydrogen-bond donors (Lipinski definition) is 1. The fraction of sp³-hybridized carbons (Fsp3) is 0.440. The number of sulfone groups is 1. The molecule has 8 nitrogen and oxygen atoms in total. The number of rotatable bonds is 11. The number of nitrogens with zero attached hydrogens (tertiary/aromatic N) is 1. The maximum Gasteiger partial charge on any atom is 0.260 e. The quantitative estimate of drug-likeness (QED) is 0.488. The number of carbonyl (C=O) groups is 2. The van der Waals surface area contributed by atoms with Crippen molar-refractivity contribution in [2.75, 3.05) is 38.6 Å². The second kappa shape index (κ2) is 12.4. The zero-order chi connectivity index (χ0) is 24.4. The van der Waals surface area contributed by atoms with Crippen LogP contribution in [0.3, 0.4) is 0 Å². The van der Waals surface area contributed by atoms with Gasteiger partial charge >= 0.3 is 0 Å². The van der Waals surface area contributed by atoms with Gasteiger partial charge in [0.2, 0.25) is 0 Å². The molecule has 0 bridgehead atoms. The van der Waals surface area contributed by atoms with Crippen LogP contribution in [-0.4, -0.2) is 63.7 Å². The van der Waals surface area contributed by atoms with Crippen LogP contribution < -0.4 is 14.8 Å². The summed E-state index contributed by atoms with van der Waals surface area (Å²) in [5.74, 6) is 0.327. The molecule has 2 aromatic carbocycles. The number of amides is 2. The van der Waals surface area contributed by atoms with Crippen LogP contribution in [0.25, 0.3) is 0 Å². The van der Waals surface area contributed by atoms with Crippen molar-refractivity contribution in [1.29, 1.82) is 0 Å². The number of carbonyl (C=O) groups excluding carboxylic acids is 2. The zero-order valence-corrected chi connectivity index (χ0v) is 20.3. The van der Waals surface area contributed by atoms with Gasteiger partial charge in [-0.1, -0.05) is 18.2 Å². The summed E-state index contributed by atoms with van der Waals surface area (Å²) in [6, 6.07) is 13.0. The van der Waals surface area contributed by atoms with Crippen LogP contribution in [0, 0.1) is 0 Å². The monoisotopic (exact) mass is 488 g/mol. The van der Waals surface area contributed by atoms with E-state index in [2.05, 4.69) is 5.32 Å². The first-order valence-electron chi connectivity index (χ1n) is 11.6. The van der Waals surface area contributed by atoms with Crippen molar-refractivity contribution in [1.82, 2.24) is 10.2 Å². The standard InChI is InChI=1S/C25H32N2O6S/c1-2-32-23-18-20(12-13-22(23)33-19-24(28)27-15-7-4-8-16-27)25(29)26-14-9-17-34(30,31)21-10-5-3-6-11-21/h3,5-6,10-13,18H,2,4,7-9,14-17,19H2,1H3,(H,26,29). The molecule has 0 atom stereocenters. The molecule has 2 amide bonds. The van der Waals surface area contributed by atoms with Crippen molar-refractivity contribution < 1.29 is 27.5 Å². The molecule has 0 aliphatic carbocycles. The predicted molar refractivity (Wildman–Crippen MR) is 129 cm³/mol. The zero-order valence-electron chi connectivity index (χ0n) is 19.5. The van der Waals surface area contributed by atoms with Crippen molar-refractivity contribution in [3.8, 4) is 11.5 Å². The molecule has 1 aliphatic rings. The lowest BCUT2D eigenvalue weighted by Gasteiger charge is -2.26. The van der Waals surface area contributed by atoms with Crippen molar-refractivity contribution >= 4 is 21.7 Å². The van der Waals surface area contributed by atoms with Crippen LogP contribution in [0.2, 0.25) is 0 Å². The molecule has 34 heavy (non-hydrogen) atoms. The number of nitrogens with one attached hydrogen (secondary N) is 1. The van der Waals surface area contributed by atoms with E-state index in [0.717, 1.165) is 32.4 Å². The fourth-order valence-electron chi connectivity index (χ4n) is 3.72. The van der Waals surface area contributed by atoms with Gasteiger partial charge < -0.3 is 19.7 Å². The van der Waals surface area contributed by atoms with Gasteiger partial charge in [-0.05, 0) is 62.9 Å². The lowest BCUT2D eigenvalue weighted by Crippen LogP contribution is -2.38. The summed E-state index contributed by atoms with van der Waals surface area (Å²) in [7, 11) is -3.38. The van der Waals surface area contributed by atoms with E-state index in [0.29, 0.717) is 30.1 Å². The molecule has 1 heterocycles. The Morgan fingerprint density at radius 1 is 0.971 bits per heavy atom. The highest BCUT2D eigenvalue weighted by Gasteiger charge is 2.19. The molecule has 184 valence electrons. The molecule has 0 saturated carbocycles. The highest BCUT2D eigenvalue weighted by atomic mass is 32.2. The lowest BCUT2D eigenvalue weighted by molar-refractivity contribution is -0.134. The smallest absolute Gasteiger partial charge is 0.260 e. The molecular weight excluding hydrogens is 456 g/mol. The third-order valence-electron chi connectivity index (χ3n) is 5.54. The van der Waals surface area contributed by atoms with Crippen LogP contribution in [0.15, 0.2) is 53.4 Å². The minimum atomic E-state index is -3.38.